The van der Waals surface area contributed by atoms with Crippen molar-refractivity contribution in [3.8, 4) is 0 Å². The van der Waals surface area contributed by atoms with Gasteiger partial charge in [-0.2, -0.15) is 0 Å². The molecule has 0 aliphatic heterocycles. The molecule has 2 rings (SSSR count). The zero-order valence-corrected chi connectivity index (χ0v) is 14.6. The number of aryl methyl sites for hydroxylation is 1. The second kappa shape index (κ2) is 9.20. The van der Waals surface area contributed by atoms with E-state index in [1.165, 1.54) is 11.1 Å². The molecule has 6 nitrogen and oxygen atoms in total. The van der Waals surface area contributed by atoms with Crippen molar-refractivity contribution in [2.75, 3.05) is 6.54 Å². The minimum Gasteiger partial charge on any atom is -0.480 e. The van der Waals surface area contributed by atoms with Crippen LogP contribution < -0.4 is 10.6 Å². The third-order valence-electron chi connectivity index (χ3n) is 4.57. The highest BCUT2D eigenvalue weighted by Gasteiger charge is 2.28. The van der Waals surface area contributed by atoms with Gasteiger partial charge in [-0.15, -0.1) is 0 Å². The molecule has 1 aliphatic carbocycles. The van der Waals surface area contributed by atoms with E-state index in [0.717, 1.165) is 19.3 Å². The second-order valence-corrected chi connectivity index (χ2v) is 6.51. The Labute approximate surface area is 148 Å². The Hall–Kier alpha value is -2.37. The van der Waals surface area contributed by atoms with E-state index in [-0.39, 0.29) is 18.4 Å². The summed E-state index contributed by atoms with van der Waals surface area (Å²) in [5.41, 5.74) is 2.45. The van der Waals surface area contributed by atoms with Gasteiger partial charge in [0.15, 0.2) is 0 Å². The van der Waals surface area contributed by atoms with Gasteiger partial charge in [-0.3, -0.25) is 9.59 Å². The summed E-state index contributed by atoms with van der Waals surface area (Å²) in [4.78, 5) is 34.9. The van der Waals surface area contributed by atoms with Gasteiger partial charge < -0.3 is 15.7 Å². The molecule has 6 heteroatoms. The number of nitrogens with one attached hydrogen (secondary N) is 2. The quantitative estimate of drug-likeness (QED) is 0.671. The molecular formula is C19H26N2O4. The Bertz CT molecular complexity index is 630. The third kappa shape index (κ3) is 5.59. The molecule has 25 heavy (non-hydrogen) atoms. The van der Waals surface area contributed by atoms with Crippen LogP contribution in [0.25, 0.3) is 0 Å². The lowest BCUT2D eigenvalue weighted by atomic mass is 9.79. The van der Waals surface area contributed by atoms with E-state index in [2.05, 4.69) is 16.7 Å². The summed E-state index contributed by atoms with van der Waals surface area (Å²) < 4.78 is 0. The lowest BCUT2D eigenvalue weighted by Crippen LogP contribution is -2.46. The molecule has 0 saturated carbocycles. The third-order valence-corrected chi connectivity index (χ3v) is 4.57. The highest BCUT2D eigenvalue weighted by atomic mass is 16.4. The molecule has 0 radical (unpaired) electrons. The van der Waals surface area contributed by atoms with Crippen molar-refractivity contribution >= 4 is 17.8 Å². The summed E-state index contributed by atoms with van der Waals surface area (Å²) in [6, 6.07) is 7.14. The Morgan fingerprint density at radius 3 is 2.72 bits per heavy atom. The highest BCUT2D eigenvalue weighted by Crippen LogP contribution is 2.34. The maximum atomic E-state index is 12.0. The fourth-order valence-electron chi connectivity index (χ4n) is 3.35. The molecule has 1 aromatic carbocycles. The molecule has 1 aromatic rings. The van der Waals surface area contributed by atoms with Gasteiger partial charge in [0.2, 0.25) is 11.8 Å². The first-order valence-electron chi connectivity index (χ1n) is 8.88. The van der Waals surface area contributed by atoms with Crippen LogP contribution >= 0.6 is 0 Å². The van der Waals surface area contributed by atoms with Crippen LogP contribution in [-0.2, 0) is 20.8 Å². The standard InChI is InChI=1S/C19H26N2O4/c1-2-6-17(22)20-12-18(23)21-16(19(24)25)11-14-9-5-8-13-7-3-4-10-15(13)14/h3-4,7,10,14,16H,2,5-6,8-9,11-12H2,1H3,(H,20,22)(H,21,23)(H,24,25). The smallest absolute Gasteiger partial charge is 0.326 e. The monoisotopic (exact) mass is 346 g/mol. The number of fused-ring (bicyclic) bond motifs is 1. The molecular weight excluding hydrogens is 320 g/mol. The van der Waals surface area contributed by atoms with Gasteiger partial charge in [-0.25, -0.2) is 4.79 Å². The fourth-order valence-corrected chi connectivity index (χ4v) is 3.35. The van der Waals surface area contributed by atoms with E-state index in [0.29, 0.717) is 19.3 Å². The summed E-state index contributed by atoms with van der Waals surface area (Å²) in [6.45, 7) is 1.69. The number of amides is 2. The number of hydrogen-bond acceptors (Lipinski definition) is 3. The summed E-state index contributed by atoms with van der Waals surface area (Å²) in [5.74, 6) is -1.59. The summed E-state index contributed by atoms with van der Waals surface area (Å²) in [6.07, 6.45) is 4.38. The van der Waals surface area contributed by atoms with Crippen LogP contribution in [-0.4, -0.2) is 35.5 Å². The van der Waals surface area contributed by atoms with Crippen LogP contribution in [0, 0.1) is 0 Å². The minimum absolute atomic E-state index is 0.126. The van der Waals surface area contributed by atoms with Gasteiger partial charge in [0.1, 0.15) is 6.04 Å². The number of carbonyl (C=O) groups is 3. The predicted molar refractivity (Wildman–Crippen MR) is 94.2 cm³/mol. The number of benzene rings is 1. The normalized spacial score (nSPS) is 17.2. The first-order valence-corrected chi connectivity index (χ1v) is 8.88. The Kier molecular flexibility index (Phi) is 6.98. The van der Waals surface area contributed by atoms with Crippen LogP contribution in [0.4, 0.5) is 0 Å². The van der Waals surface area contributed by atoms with Crippen LogP contribution in [0.5, 0.6) is 0 Å². The molecule has 2 atom stereocenters. The van der Waals surface area contributed by atoms with E-state index in [9.17, 15) is 19.5 Å². The number of hydrogen-bond donors (Lipinski definition) is 3. The first-order chi connectivity index (χ1) is 12.0. The van der Waals surface area contributed by atoms with Crippen LogP contribution in [0.3, 0.4) is 0 Å². The van der Waals surface area contributed by atoms with Gasteiger partial charge in [0.25, 0.3) is 0 Å². The Balaban J connectivity index is 1.94. The van der Waals surface area contributed by atoms with E-state index >= 15 is 0 Å². The Morgan fingerprint density at radius 2 is 2.00 bits per heavy atom. The average Bonchev–Trinajstić information content (AvgIpc) is 2.60. The molecule has 3 N–H and O–H groups in total. The molecule has 0 fully saturated rings. The van der Waals surface area contributed by atoms with Crippen LogP contribution in [0.1, 0.15) is 56.1 Å². The van der Waals surface area contributed by atoms with Gasteiger partial charge >= 0.3 is 5.97 Å². The SMILES string of the molecule is CCCC(=O)NCC(=O)NC(CC1CCCc2ccccc21)C(=O)O. The van der Waals surface area contributed by atoms with E-state index < -0.39 is 17.9 Å². The highest BCUT2D eigenvalue weighted by molar-refractivity contribution is 5.87. The fraction of sp³-hybridized carbons (Fsp3) is 0.526. The zero-order valence-electron chi connectivity index (χ0n) is 14.6. The van der Waals surface area contributed by atoms with Gasteiger partial charge in [-0.1, -0.05) is 31.2 Å². The van der Waals surface area contributed by atoms with Crippen molar-refractivity contribution < 1.29 is 19.5 Å². The second-order valence-electron chi connectivity index (χ2n) is 6.51. The van der Waals surface area contributed by atoms with E-state index in [4.69, 9.17) is 0 Å². The van der Waals surface area contributed by atoms with Crippen LogP contribution in [0.15, 0.2) is 24.3 Å². The number of carboxylic acids is 1. The van der Waals surface area contributed by atoms with Crippen molar-refractivity contribution in [2.45, 2.75) is 57.4 Å². The lowest BCUT2D eigenvalue weighted by molar-refractivity contribution is -0.142. The molecule has 0 spiro atoms. The maximum absolute atomic E-state index is 12.0. The molecule has 2 unspecified atom stereocenters. The lowest BCUT2D eigenvalue weighted by Gasteiger charge is -2.28. The molecule has 2 amide bonds. The van der Waals surface area contributed by atoms with Gasteiger partial charge in [0.05, 0.1) is 6.54 Å². The average molecular weight is 346 g/mol. The van der Waals surface area contributed by atoms with E-state index in [1.54, 1.807) is 0 Å². The van der Waals surface area contributed by atoms with E-state index in [1.807, 2.05) is 25.1 Å². The first kappa shape index (κ1) is 19.0. The zero-order chi connectivity index (χ0) is 18.2. The molecule has 1 aliphatic rings. The largest absolute Gasteiger partial charge is 0.480 e. The molecule has 0 saturated heterocycles. The molecule has 0 heterocycles. The Morgan fingerprint density at radius 1 is 1.24 bits per heavy atom. The number of carboxylic acid groups (broad SMARTS) is 1. The number of aliphatic carboxylic acids is 1. The molecule has 0 bridgehead atoms. The summed E-state index contributed by atoms with van der Waals surface area (Å²) >= 11 is 0. The van der Waals surface area contributed by atoms with Crippen LogP contribution in [0.2, 0.25) is 0 Å². The number of carbonyl (C=O) groups excluding carboxylic acids is 2. The van der Waals surface area contributed by atoms with Crippen molar-refractivity contribution in [2.24, 2.45) is 0 Å². The van der Waals surface area contributed by atoms with Crippen molar-refractivity contribution in [1.82, 2.24) is 10.6 Å². The van der Waals surface area contributed by atoms with Crippen molar-refractivity contribution in [1.29, 1.82) is 0 Å². The molecule has 136 valence electrons. The van der Waals surface area contributed by atoms with Crippen molar-refractivity contribution in [3.05, 3.63) is 35.4 Å². The maximum Gasteiger partial charge on any atom is 0.326 e. The number of rotatable bonds is 8. The summed E-state index contributed by atoms with van der Waals surface area (Å²) in [7, 11) is 0. The topological polar surface area (TPSA) is 95.5 Å². The predicted octanol–water partition coefficient (Wildman–Crippen LogP) is 1.98. The minimum atomic E-state index is -1.05. The summed E-state index contributed by atoms with van der Waals surface area (Å²) in [5, 5.41) is 14.5. The van der Waals surface area contributed by atoms with Gasteiger partial charge in [-0.05, 0) is 49.1 Å². The van der Waals surface area contributed by atoms with Gasteiger partial charge in [0, 0.05) is 6.42 Å². The molecule has 0 aromatic heterocycles. The van der Waals surface area contributed by atoms with Crippen molar-refractivity contribution in [3.63, 3.8) is 0 Å².